The molecule has 3 amide bonds. The summed E-state index contributed by atoms with van der Waals surface area (Å²) in [5.41, 5.74) is 19.3. The van der Waals surface area contributed by atoms with Crippen LogP contribution in [0.1, 0.15) is 17.5 Å². The zero-order valence-corrected chi connectivity index (χ0v) is 65.8. The van der Waals surface area contributed by atoms with Crippen LogP contribution < -0.4 is 21.3 Å². The van der Waals surface area contributed by atoms with Gasteiger partial charge in [0.05, 0.1) is 94.6 Å². The van der Waals surface area contributed by atoms with Crippen molar-refractivity contribution in [3.8, 4) is 56.0 Å². The van der Waals surface area contributed by atoms with Crippen molar-refractivity contribution in [3.63, 3.8) is 0 Å². The highest BCUT2D eigenvalue weighted by molar-refractivity contribution is 6.12. The average molecular weight is 1570 g/mol. The second-order valence-corrected chi connectivity index (χ2v) is 30.3. The van der Waals surface area contributed by atoms with Gasteiger partial charge in [-0.1, -0.05) is 148 Å². The molecule has 590 valence electrons. The number of allylic oxidation sites excluding steroid dienone is 1. The van der Waals surface area contributed by atoms with E-state index in [0.29, 0.717) is 45.3 Å². The molecule has 8 N–H and O–H groups in total. The maximum absolute atomic E-state index is 11.7. The molecule has 4 aliphatic rings. The fourth-order valence-corrected chi connectivity index (χ4v) is 16.7. The van der Waals surface area contributed by atoms with Gasteiger partial charge in [-0.25, -0.2) is 0 Å². The van der Waals surface area contributed by atoms with Crippen molar-refractivity contribution >= 4 is 127 Å². The first kappa shape index (κ1) is 76.5. The van der Waals surface area contributed by atoms with Gasteiger partial charge in [0.1, 0.15) is 17.0 Å². The van der Waals surface area contributed by atoms with Gasteiger partial charge < -0.3 is 51.1 Å². The van der Waals surface area contributed by atoms with E-state index >= 15 is 0 Å². The highest BCUT2D eigenvalue weighted by atomic mass is 16.3. The summed E-state index contributed by atoms with van der Waals surface area (Å²) in [7, 11) is 0. The summed E-state index contributed by atoms with van der Waals surface area (Å²) in [4.78, 5) is 60.5. The predicted octanol–water partition coefficient (Wildman–Crippen LogP) is 17.1. The Morgan fingerprint density at radius 2 is 0.840 bits per heavy atom. The largest absolute Gasteiger partial charge is 0.508 e. The van der Waals surface area contributed by atoms with Crippen LogP contribution in [0.15, 0.2) is 283 Å². The monoisotopic (exact) mass is 1570 g/mol. The number of phenols is 2. The van der Waals surface area contributed by atoms with Gasteiger partial charge in [-0.05, 0) is 159 Å². The molecule has 11 heterocycles. The number of anilines is 4. The summed E-state index contributed by atoms with van der Waals surface area (Å²) in [6.07, 6.45) is 25.3. The molecule has 1 unspecified atom stereocenters. The maximum atomic E-state index is 11.7. The fraction of sp³-hybridized carbons (Fsp3) is 0.156. The Kier molecular flexibility index (Phi) is 21.2. The van der Waals surface area contributed by atoms with Crippen LogP contribution in [0.3, 0.4) is 0 Å². The summed E-state index contributed by atoms with van der Waals surface area (Å²) in [6, 6.07) is 53.1. The van der Waals surface area contributed by atoms with Gasteiger partial charge in [-0.2, -0.15) is 15.3 Å². The van der Waals surface area contributed by atoms with E-state index < -0.39 is 0 Å². The first-order valence-corrected chi connectivity index (χ1v) is 39.5. The number of pyridine rings is 4. The molecular weight excluding hydrogens is 1490 g/mol. The highest BCUT2D eigenvalue weighted by Crippen LogP contribution is 2.43. The molecule has 20 rings (SSSR count). The summed E-state index contributed by atoms with van der Waals surface area (Å²) < 4.78 is 0. The van der Waals surface area contributed by atoms with Crippen molar-refractivity contribution in [2.45, 2.75) is 44.4 Å². The van der Waals surface area contributed by atoms with Crippen LogP contribution in [0.25, 0.3) is 131 Å². The van der Waals surface area contributed by atoms with Gasteiger partial charge in [-0.3, -0.25) is 44.5 Å². The van der Waals surface area contributed by atoms with E-state index in [-0.39, 0.29) is 47.3 Å². The molecule has 23 nitrogen and oxygen atoms in total. The number of hydrogen-bond donors (Lipinski definition) is 8. The van der Waals surface area contributed by atoms with Crippen molar-refractivity contribution in [1.82, 2.24) is 70.1 Å². The molecule has 4 saturated heterocycles. The van der Waals surface area contributed by atoms with Gasteiger partial charge >= 0.3 is 0 Å². The molecule has 0 radical (unpaired) electrons. The number of phenolic OH excluding ortho intramolecular Hbond substituents is 2. The quantitative estimate of drug-likeness (QED) is 0.0310. The number of nitrogens with one attached hydrogen (secondary N) is 6. The van der Waals surface area contributed by atoms with E-state index in [0.717, 1.165) is 174 Å². The van der Waals surface area contributed by atoms with Crippen molar-refractivity contribution in [1.29, 1.82) is 0 Å². The van der Waals surface area contributed by atoms with Gasteiger partial charge in [0.25, 0.3) is 0 Å². The third-order valence-electron chi connectivity index (χ3n) is 22.8. The van der Waals surface area contributed by atoms with Crippen molar-refractivity contribution in [3.05, 3.63) is 294 Å². The predicted molar refractivity (Wildman–Crippen MR) is 477 cm³/mol. The van der Waals surface area contributed by atoms with Crippen LogP contribution in [0.5, 0.6) is 11.5 Å². The Morgan fingerprint density at radius 1 is 0.403 bits per heavy atom. The molecule has 119 heavy (non-hydrogen) atoms. The Balaban J connectivity index is 0.000000113. The Hall–Kier alpha value is -15.1. The number of aromatic nitrogens is 10. The Morgan fingerprint density at radius 3 is 1.38 bits per heavy atom. The van der Waals surface area contributed by atoms with Crippen LogP contribution in [-0.2, 0) is 14.4 Å². The number of likely N-dealkylation sites (tertiary alicyclic amines) is 4. The van der Waals surface area contributed by atoms with E-state index in [1.807, 2.05) is 110 Å². The normalized spacial score (nSPS) is 14.6. The molecule has 7 aromatic heterocycles. The Labute approximate surface area is 685 Å². The van der Waals surface area contributed by atoms with E-state index in [2.05, 4.69) is 202 Å². The number of amides is 3. The number of carbonyl (C=O) groups excluding carboxylic acids is 3. The lowest BCUT2D eigenvalue weighted by molar-refractivity contribution is -0.130. The fourth-order valence-electron chi connectivity index (χ4n) is 16.7. The number of aromatic hydroxyl groups is 2. The molecule has 16 aromatic rings. The number of fused-ring (bicyclic) bond motifs is 8. The minimum atomic E-state index is -0.0553. The van der Waals surface area contributed by atoms with E-state index in [1.54, 1.807) is 51.5 Å². The lowest BCUT2D eigenvalue weighted by atomic mass is 9.93. The van der Waals surface area contributed by atoms with Crippen LogP contribution >= 0.6 is 0 Å². The number of nitrogens with zero attached hydrogens (tertiary/aromatic N) is 12. The molecule has 9 aromatic carbocycles. The van der Waals surface area contributed by atoms with Gasteiger partial charge in [0, 0.05) is 138 Å². The van der Waals surface area contributed by atoms with E-state index in [4.69, 9.17) is 0 Å². The number of rotatable bonds is 17. The molecule has 23 heteroatoms. The van der Waals surface area contributed by atoms with E-state index in [9.17, 15) is 24.6 Å². The van der Waals surface area contributed by atoms with Crippen molar-refractivity contribution < 1.29 is 24.6 Å². The number of carbonyl (C=O) groups is 3. The zero-order valence-electron chi connectivity index (χ0n) is 65.8. The molecule has 0 spiro atoms. The highest BCUT2D eigenvalue weighted by Gasteiger charge is 2.33. The summed E-state index contributed by atoms with van der Waals surface area (Å²) >= 11 is 0. The third kappa shape index (κ3) is 15.3. The summed E-state index contributed by atoms with van der Waals surface area (Å²) in [6.45, 7) is 28.5. The summed E-state index contributed by atoms with van der Waals surface area (Å²) in [5.74, 6) is 0.342. The standard InChI is InChI=1S/C25H21N3O2.C24H24N6.C24H20N4O2.C23H21N5O/c1-2-25(30)28-14-17(15-28)27-24-13-26-12-23-20(8-5-9-21(23)24)22-11-18(29)10-16-6-3-4-7-19(16)22;1-4-16(3)30-11-10-17(14-30)27-22-13-26-29-24-18(22)6-5-7-19(24)23-15(2)8-9-21-20(23)12-25-28-21;1-2-23(30)28-13-16(14-28)27-22-12-25-11-21-19(7-8-26-24(21)22)20-10-17(29)9-15-5-3-4-6-18(15)20;1-3-22(29)28-12-15(13-28)26-21-11-24-9-18-16(21)5-4-6-17(18)23-14(2)7-8-20-19(23)10-25-27-20/h2-13,17,27,29H,1,14-15H2;4-9,12-13,17H,1,3,10-11,14H2,2H3,(H,25,28)(H,27,29);2-12,16,27,29H,1,13-14H2;3-11,15,26H,1,12-13H2,2H3,(H,25,27). The molecule has 4 fully saturated rings. The second kappa shape index (κ2) is 33.0. The first-order valence-electron chi connectivity index (χ1n) is 39.5. The molecule has 0 bridgehead atoms. The maximum Gasteiger partial charge on any atom is 0.246 e. The Bertz CT molecular complexity index is 6520. The number of benzene rings is 9. The SMILES string of the molecule is C=CC(=C)N1CCC(Nc2cnnc3c(-c4c(C)ccc5[nH]ncc45)cccc23)C1.C=CC(=O)N1CC(Nc2cncc3c(-c4c(C)ccc5[nH]ncc45)cccc23)C1.C=CC(=O)N1CC(Nc2cncc3c(-c4cc(O)cc5ccccc45)cccc23)C1.C=CC(=O)N1CC(Nc2cncc3c(-c4cc(O)cc5ccccc45)ccnc23)C1. The number of aromatic amines is 2. The lowest BCUT2D eigenvalue weighted by Gasteiger charge is -2.39. The van der Waals surface area contributed by atoms with Crippen LogP contribution in [0.2, 0.25) is 0 Å². The smallest absolute Gasteiger partial charge is 0.246 e. The summed E-state index contributed by atoms with van der Waals surface area (Å²) in [5, 5.41) is 70.7. The zero-order chi connectivity index (χ0) is 82.0. The van der Waals surface area contributed by atoms with Crippen molar-refractivity contribution in [2.75, 3.05) is 73.6 Å². The molecular formula is C96H86N18O5. The van der Waals surface area contributed by atoms with Crippen LogP contribution in [-0.4, -0.2) is 175 Å². The molecule has 4 aliphatic heterocycles. The lowest BCUT2D eigenvalue weighted by Crippen LogP contribution is -2.56. The van der Waals surface area contributed by atoms with Crippen LogP contribution in [0, 0.1) is 13.8 Å². The molecule has 1 atom stereocenters. The first-order chi connectivity index (χ1) is 58.1. The van der Waals surface area contributed by atoms with Crippen molar-refractivity contribution in [2.24, 2.45) is 0 Å². The molecule has 0 aliphatic carbocycles. The van der Waals surface area contributed by atoms with Gasteiger partial charge in [0.2, 0.25) is 17.7 Å². The third-order valence-corrected chi connectivity index (χ3v) is 22.8. The van der Waals surface area contributed by atoms with E-state index in [1.165, 1.54) is 34.9 Å². The minimum Gasteiger partial charge on any atom is -0.508 e. The number of aryl methyl sites for hydroxylation is 2. The van der Waals surface area contributed by atoms with Crippen LogP contribution in [0.4, 0.5) is 22.7 Å². The average Bonchev–Trinajstić information content (AvgIpc) is 1.48. The van der Waals surface area contributed by atoms with Gasteiger partial charge in [0.15, 0.2) is 0 Å². The topological polar surface area (TPSA) is 287 Å². The minimum absolute atomic E-state index is 0.0231. The van der Waals surface area contributed by atoms with Gasteiger partial charge in [-0.15, -0.1) is 5.10 Å². The number of H-pyrrole nitrogens is 2. The number of hydrogen-bond acceptors (Lipinski definition) is 18. The second-order valence-electron chi connectivity index (χ2n) is 30.3. The molecule has 0 saturated carbocycles.